The third-order valence-corrected chi connectivity index (χ3v) is 0.794. The normalized spacial score (nSPS) is 12.8. The first-order chi connectivity index (χ1) is 4.95. The summed E-state index contributed by atoms with van der Waals surface area (Å²) < 4.78 is 38.0. The molecule has 11 heavy (non-hydrogen) atoms. The summed E-state index contributed by atoms with van der Waals surface area (Å²) in [6, 6.07) is 0. The van der Waals surface area contributed by atoms with Crippen LogP contribution in [0.2, 0.25) is 0 Å². The van der Waals surface area contributed by atoms with Crippen LogP contribution < -0.4 is 0 Å². The first-order valence-corrected chi connectivity index (χ1v) is 2.80. The maximum Gasteiger partial charge on any atom is 0.351 e. The van der Waals surface area contributed by atoms with Gasteiger partial charge in [-0.25, -0.2) is 13.6 Å². The van der Waals surface area contributed by atoms with Crippen molar-refractivity contribution in [2.24, 2.45) is 0 Å². The van der Waals surface area contributed by atoms with Crippen LogP contribution in [0.1, 0.15) is 0 Å². The Morgan fingerprint density at radius 2 is 1.91 bits per heavy atom. The Bertz CT molecular complexity index is 171. The largest absolute Gasteiger partial charge is 0.420 e. The van der Waals surface area contributed by atoms with Gasteiger partial charge in [0, 0.05) is 0 Å². The Morgan fingerprint density at radius 3 is 2.18 bits per heavy atom. The van der Waals surface area contributed by atoms with E-state index in [4.69, 9.17) is 11.6 Å². The quantitative estimate of drug-likeness (QED) is 0.499. The molecule has 0 heterocycles. The maximum absolute atomic E-state index is 11.8. The molecular weight excluding hydrogens is 184 g/mol. The highest BCUT2D eigenvalue weighted by molar-refractivity contribution is 6.40. The Kier molecular flexibility index (Phi) is 3.95. The van der Waals surface area contributed by atoms with Crippen LogP contribution in [-0.4, -0.2) is 18.8 Å². The summed E-state index contributed by atoms with van der Waals surface area (Å²) in [5.41, 5.74) is 0. The molecule has 0 bridgehead atoms. The lowest BCUT2D eigenvalue weighted by Crippen LogP contribution is -2.20. The van der Waals surface area contributed by atoms with Crippen LogP contribution in [0.4, 0.5) is 13.2 Å². The molecule has 0 saturated carbocycles. The van der Waals surface area contributed by atoms with Crippen molar-refractivity contribution in [3.8, 4) is 0 Å². The maximum atomic E-state index is 11.8. The molecule has 0 rings (SSSR count). The van der Waals surface area contributed by atoms with E-state index < -0.39 is 23.8 Å². The Labute approximate surface area is 65.6 Å². The zero-order valence-corrected chi connectivity index (χ0v) is 5.95. The molecule has 6 heteroatoms. The fourth-order valence-electron chi connectivity index (χ4n) is 0.218. The minimum Gasteiger partial charge on any atom is -0.420 e. The van der Waals surface area contributed by atoms with Gasteiger partial charge in [0.2, 0.25) is 0 Å². The van der Waals surface area contributed by atoms with Gasteiger partial charge in [-0.2, -0.15) is 4.39 Å². The van der Waals surface area contributed by atoms with Crippen molar-refractivity contribution in [1.82, 2.24) is 0 Å². The van der Waals surface area contributed by atoms with Gasteiger partial charge < -0.3 is 4.74 Å². The van der Waals surface area contributed by atoms with Crippen LogP contribution in [0.5, 0.6) is 0 Å². The van der Waals surface area contributed by atoms with Gasteiger partial charge in [-0.1, -0.05) is 18.2 Å². The van der Waals surface area contributed by atoms with Gasteiger partial charge in [0.15, 0.2) is 0 Å². The van der Waals surface area contributed by atoms with E-state index in [-0.39, 0.29) is 0 Å². The number of carbonyl (C=O) groups excluding carboxylic acids is 1. The summed E-state index contributed by atoms with van der Waals surface area (Å²) in [4.78, 5) is 10.2. The Hall–Kier alpha value is -0.710. The van der Waals surface area contributed by atoms with Crippen molar-refractivity contribution in [2.45, 2.75) is 12.8 Å². The highest BCUT2D eigenvalue weighted by Gasteiger charge is 2.23. The molecule has 0 spiro atoms. The first-order valence-electron chi connectivity index (χ1n) is 2.42. The summed E-state index contributed by atoms with van der Waals surface area (Å²) in [5.74, 6) is -1.39. The predicted molar refractivity (Wildman–Crippen MR) is 32.0 cm³/mol. The van der Waals surface area contributed by atoms with Gasteiger partial charge in [0.1, 0.15) is 5.03 Å². The van der Waals surface area contributed by atoms with E-state index in [0.29, 0.717) is 0 Å². The molecule has 1 unspecified atom stereocenters. The monoisotopic (exact) mass is 188 g/mol. The SMILES string of the molecule is C=C(Cl)C(=O)OC(F)C(F)F. The van der Waals surface area contributed by atoms with E-state index in [1.807, 2.05) is 0 Å². The van der Waals surface area contributed by atoms with Crippen molar-refractivity contribution in [1.29, 1.82) is 0 Å². The molecule has 0 aromatic heterocycles. The number of hydrogen-bond acceptors (Lipinski definition) is 2. The molecule has 0 aromatic carbocycles. The van der Waals surface area contributed by atoms with Crippen LogP contribution in [0.3, 0.4) is 0 Å². The summed E-state index contributed by atoms with van der Waals surface area (Å²) in [7, 11) is 0. The lowest BCUT2D eigenvalue weighted by molar-refractivity contribution is -0.168. The molecule has 0 aromatic rings. The van der Waals surface area contributed by atoms with E-state index in [9.17, 15) is 18.0 Å². The third-order valence-electron chi connectivity index (χ3n) is 0.639. The minimum absolute atomic E-state index is 0.645. The van der Waals surface area contributed by atoms with E-state index in [1.165, 1.54) is 0 Å². The van der Waals surface area contributed by atoms with E-state index in [2.05, 4.69) is 11.3 Å². The van der Waals surface area contributed by atoms with Crippen LogP contribution in [0.25, 0.3) is 0 Å². The molecule has 0 saturated heterocycles. The molecule has 0 fully saturated rings. The standard InChI is InChI=1S/C5H4ClF3O2/c1-2(6)5(10)11-4(9)3(7)8/h3-4H,1H2. The number of ether oxygens (including phenoxy) is 1. The molecule has 0 amide bonds. The smallest absolute Gasteiger partial charge is 0.351 e. The van der Waals surface area contributed by atoms with E-state index >= 15 is 0 Å². The van der Waals surface area contributed by atoms with Gasteiger partial charge in [-0.3, -0.25) is 0 Å². The topological polar surface area (TPSA) is 26.3 Å². The predicted octanol–water partition coefficient (Wildman–Crippen LogP) is 1.84. The van der Waals surface area contributed by atoms with Crippen molar-refractivity contribution < 1.29 is 22.7 Å². The molecular formula is C5H4ClF3O2. The van der Waals surface area contributed by atoms with Crippen molar-refractivity contribution >= 4 is 17.6 Å². The number of carbonyl (C=O) groups is 1. The number of hydrogen-bond donors (Lipinski definition) is 0. The van der Waals surface area contributed by atoms with Gasteiger partial charge in [-0.15, -0.1) is 0 Å². The Morgan fingerprint density at radius 1 is 1.45 bits per heavy atom. The average Bonchev–Trinajstić information content (AvgIpc) is 1.87. The van der Waals surface area contributed by atoms with Crippen LogP contribution in [-0.2, 0) is 9.53 Å². The first kappa shape index (κ1) is 10.3. The fraction of sp³-hybridized carbons (Fsp3) is 0.400. The molecule has 0 aliphatic heterocycles. The highest BCUT2D eigenvalue weighted by atomic mass is 35.5. The van der Waals surface area contributed by atoms with Crippen LogP contribution in [0, 0.1) is 0 Å². The molecule has 0 radical (unpaired) electrons. The Balaban J connectivity index is 3.85. The van der Waals surface area contributed by atoms with Gasteiger partial charge in [0.05, 0.1) is 0 Å². The lowest BCUT2D eigenvalue weighted by Gasteiger charge is -2.06. The van der Waals surface area contributed by atoms with E-state index in [1.54, 1.807) is 0 Å². The van der Waals surface area contributed by atoms with Crippen molar-refractivity contribution in [2.75, 3.05) is 0 Å². The second kappa shape index (κ2) is 4.23. The number of alkyl halides is 3. The summed E-state index contributed by atoms with van der Waals surface area (Å²) in [6.45, 7) is 2.85. The van der Waals surface area contributed by atoms with Crippen molar-refractivity contribution in [3.63, 3.8) is 0 Å². The van der Waals surface area contributed by atoms with Crippen molar-refractivity contribution in [3.05, 3.63) is 11.6 Å². The molecule has 2 nitrogen and oxygen atoms in total. The lowest BCUT2D eigenvalue weighted by atomic mass is 10.6. The van der Waals surface area contributed by atoms with Gasteiger partial charge >= 0.3 is 18.8 Å². The number of esters is 1. The van der Waals surface area contributed by atoms with Crippen LogP contribution >= 0.6 is 11.6 Å². The molecule has 0 aliphatic rings. The summed E-state index contributed by atoms with van der Waals surface area (Å²) in [6.07, 6.45) is -6.31. The van der Waals surface area contributed by atoms with E-state index in [0.717, 1.165) is 0 Å². The molecule has 0 N–H and O–H groups in total. The number of rotatable bonds is 3. The van der Waals surface area contributed by atoms with Gasteiger partial charge in [-0.05, 0) is 0 Å². The molecule has 1 atom stereocenters. The molecule has 64 valence electrons. The zero-order valence-electron chi connectivity index (χ0n) is 5.19. The van der Waals surface area contributed by atoms with Gasteiger partial charge in [0.25, 0.3) is 0 Å². The highest BCUT2D eigenvalue weighted by Crippen LogP contribution is 2.10. The third kappa shape index (κ3) is 3.87. The second-order valence-corrected chi connectivity index (χ2v) is 1.95. The average molecular weight is 189 g/mol. The number of halogens is 4. The molecule has 0 aliphatic carbocycles. The summed E-state index contributed by atoms with van der Waals surface area (Å²) in [5, 5.41) is -0.645. The second-order valence-electron chi connectivity index (χ2n) is 1.50. The zero-order chi connectivity index (χ0) is 9.02. The fourth-order valence-corrected chi connectivity index (χ4v) is 0.262. The minimum atomic E-state index is -3.37. The van der Waals surface area contributed by atoms with Crippen LogP contribution in [0.15, 0.2) is 11.6 Å². The summed E-state index contributed by atoms with van der Waals surface area (Å²) >= 11 is 4.90.